The van der Waals surface area contributed by atoms with E-state index in [0.29, 0.717) is 12.0 Å². The molecule has 0 aromatic heterocycles. The highest BCUT2D eigenvalue weighted by Crippen LogP contribution is 2.65. The van der Waals surface area contributed by atoms with E-state index < -0.39 is 82.1 Å². The van der Waals surface area contributed by atoms with Gasteiger partial charge in [-0.05, 0) is 72.4 Å². The number of nitrogens with zero attached hydrogens (tertiary/aromatic N) is 2. The first-order chi connectivity index (χ1) is 29.1. The zero-order chi connectivity index (χ0) is 45.3. The average Bonchev–Trinajstić information content (AvgIpc) is 3.24. The summed E-state index contributed by atoms with van der Waals surface area (Å²) in [6.07, 6.45) is -3.91. The van der Waals surface area contributed by atoms with Crippen molar-refractivity contribution < 1.29 is 53.2 Å². The van der Waals surface area contributed by atoms with Crippen LogP contribution >= 0.6 is 0 Å². The number of ketones is 2. The molecule has 3 aromatic carbocycles. The lowest BCUT2D eigenvalue weighted by Gasteiger charge is -2.67. The molecule has 13 heteroatoms. The molecule has 13 nitrogen and oxygen atoms in total. The Kier molecular flexibility index (Phi) is 11.5. The van der Waals surface area contributed by atoms with Crippen LogP contribution in [0.1, 0.15) is 93.6 Å². The van der Waals surface area contributed by atoms with Gasteiger partial charge in [-0.2, -0.15) is 0 Å². The maximum Gasteiger partial charge on any atom is 0.338 e. The summed E-state index contributed by atoms with van der Waals surface area (Å²) in [6, 6.07) is 25.2. The number of β-lactam (4-membered cyclic amide) rings is 1. The molecule has 2 N–H and O–H groups in total. The summed E-state index contributed by atoms with van der Waals surface area (Å²) in [7, 11) is 3.74. The zero-order valence-corrected chi connectivity index (χ0v) is 36.7. The van der Waals surface area contributed by atoms with Gasteiger partial charge in [-0.25, -0.2) is 4.79 Å². The third-order valence-electron chi connectivity index (χ3n) is 14.6. The van der Waals surface area contributed by atoms with Gasteiger partial charge in [0.15, 0.2) is 17.2 Å². The Hall–Kier alpha value is -5.50. The van der Waals surface area contributed by atoms with E-state index in [1.54, 1.807) is 76.2 Å². The van der Waals surface area contributed by atoms with Crippen molar-refractivity contribution in [3.63, 3.8) is 0 Å². The molecule has 2 heterocycles. The molecule has 62 heavy (non-hydrogen) atoms. The van der Waals surface area contributed by atoms with Gasteiger partial charge in [-0.1, -0.05) is 83.1 Å². The van der Waals surface area contributed by atoms with E-state index in [1.807, 2.05) is 69.2 Å². The van der Waals surface area contributed by atoms with Crippen molar-refractivity contribution in [2.75, 3.05) is 25.6 Å². The normalized spacial score (nSPS) is 33.2. The number of amides is 2. The maximum atomic E-state index is 14.5. The van der Waals surface area contributed by atoms with E-state index in [9.17, 15) is 39.0 Å². The second-order valence-corrected chi connectivity index (χ2v) is 18.5. The predicted molar refractivity (Wildman–Crippen MR) is 228 cm³/mol. The molecule has 2 bridgehead atoms. The Morgan fingerprint density at radius 3 is 2.02 bits per heavy atom. The number of Topliss-reactive ketones (excluding diaryl/α,β-unsaturated/α-hetero) is 2. The molecule has 5 aliphatic rings. The van der Waals surface area contributed by atoms with Gasteiger partial charge in [-0.3, -0.25) is 28.9 Å². The van der Waals surface area contributed by atoms with E-state index >= 15 is 0 Å². The van der Waals surface area contributed by atoms with Crippen LogP contribution in [-0.4, -0.2) is 101 Å². The van der Waals surface area contributed by atoms with Crippen LogP contribution in [-0.2, 0) is 33.4 Å². The number of hydrogen-bond donors (Lipinski definition) is 2. The van der Waals surface area contributed by atoms with E-state index in [-0.39, 0.29) is 47.1 Å². The summed E-state index contributed by atoms with van der Waals surface area (Å²) in [5, 5.41) is 24.5. The molecular formula is C49H56N2O11. The van der Waals surface area contributed by atoms with Gasteiger partial charge in [-0.15, -0.1) is 0 Å². The largest absolute Gasteiger partial charge is 0.455 e. The van der Waals surface area contributed by atoms with Crippen LogP contribution in [0.5, 0.6) is 0 Å². The van der Waals surface area contributed by atoms with Crippen LogP contribution in [0.3, 0.4) is 0 Å². The number of fused-ring (bicyclic) bond motifs is 5. The average molecular weight is 849 g/mol. The number of imide groups is 1. The minimum absolute atomic E-state index is 0.0919. The molecule has 2 saturated heterocycles. The molecular weight excluding hydrogens is 793 g/mol. The Bertz CT molecular complexity index is 2330. The smallest absolute Gasteiger partial charge is 0.338 e. The highest BCUT2D eigenvalue weighted by molar-refractivity contribution is 6.09. The number of anilines is 1. The quantitative estimate of drug-likeness (QED) is 0.177. The molecule has 0 spiro atoms. The number of esters is 2. The van der Waals surface area contributed by atoms with Crippen LogP contribution in [0, 0.1) is 28.6 Å². The summed E-state index contributed by atoms with van der Waals surface area (Å²) >= 11 is 0. The summed E-state index contributed by atoms with van der Waals surface area (Å²) in [6.45, 7) is 11.4. The van der Waals surface area contributed by atoms with Crippen LogP contribution in [0.25, 0.3) is 0 Å². The number of aliphatic hydroxyl groups is 2. The van der Waals surface area contributed by atoms with Crippen LogP contribution in [0.15, 0.2) is 96.1 Å². The number of benzene rings is 3. The summed E-state index contributed by atoms with van der Waals surface area (Å²) in [5.41, 5.74) is -3.40. The molecule has 7 unspecified atom stereocenters. The number of likely N-dealkylation sites (tertiary alicyclic amines) is 1. The number of allylic oxidation sites excluding steroid dienone is 1. The predicted octanol–water partition coefficient (Wildman–Crippen LogP) is 5.68. The van der Waals surface area contributed by atoms with Crippen LogP contribution in [0.4, 0.5) is 5.69 Å². The highest BCUT2D eigenvalue weighted by Gasteiger charge is 2.77. The monoisotopic (exact) mass is 848 g/mol. The summed E-state index contributed by atoms with van der Waals surface area (Å²) in [5.74, 6) is -4.47. The van der Waals surface area contributed by atoms with Crippen molar-refractivity contribution in [3.05, 3.63) is 113 Å². The minimum Gasteiger partial charge on any atom is -0.455 e. The van der Waals surface area contributed by atoms with Crippen LogP contribution < -0.4 is 4.90 Å². The topological polar surface area (TPSA) is 177 Å². The third kappa shape index (κ3) is 6.80. The summed E-state index contributed by atoms with van der Waals surface area (Å²) < 4.78 is 18.2. The molecule has 0 radical (unpaired) electrons. The molecule has 4 fully saturated rings. The molecule has 3 aliphatic carbocycles. The first-order valence-corrected chi connectivity index (χ1v) is 21.1. The molecule has 2 aliphatic heterocycles. The zero-order valence-electron chi connectivity index (χ0n) is 36.7. The van der Waals surface area contributed by atoms with Gasteiger partial charge in [0.25, 0.3) is 5.91 Å². The molecule has 3 aromatic rings. The standard InChI is InChI=1S/C32H41NO9.C17H15NO2/c1-16-13-22-31(15-40-22,42-18(3)34)25-27(41-28(38)19-9-11-20(12-10-19)33(7)8)32(39)14-21(35)17(2)23(29(32,4)5)24(36)26(37)30(16,25)6;1-12-15(13-8-4-2-5-9-13)18(16(12)19)17(20)14-10-6-3-7-11-14/h9-12,16,22,24-25,27,36,39H,13-15H2,1-8H3;2-12,15H,1H3/t16-,22?,24?,25?,27?,30+,31?,32?;12-,15?/m01/s1. The molecule has 2 amide bonds. The van der Waals surface area contributed by atoms with Crippen molar-refractivity contribution in [3.8, 4) is 0 Å². The fraction of sp³-hybridized carbons (Fsp3) is 0.469. The first-order valence-electron chi connectivity index (χ1n) is 21.1. The molecule has 328 valence electrons. The van der Waals surface area contributed by atoms with Gasteiger partial charge >= 0.3 is 11.9 Å². The molecule has 2 saturated carbocycles. The number of rotatable bonds is 6. The van der Waals surface area contributed by atoms with Gasteiger partial charge in [0.1, 0.15) is 23.9 Å². The number of hydrogen-bond acceptors (Lipinski definition) is 12. The lowest BCUT2D eigenvalue weighted by atomic mass is 9.43. The first kappa shape index (κ1) is 44.6. The van der Waals surface area contributed by atoms with Gasteiger partial charge < -0.3 is 29.3 Å². The fourth-order valence-corrected chi connectivity index (χ4v) is 10.8. The van der Waals surface area contributed by atoms with Gasteiger partial charge in [0.05, 0.1) is 30.0 Å². The van der Waals surface area contributed by atoms with Crippen LogP contribution in [0.2, 0.25) is 0 Å². The summed E-state index contributed by atoms with van der Waals surface area (Å²) in [4.78, 5) is 82.2. The van der Waals surface area contributed by atoms with E-state index in [4.69, 9.17) is 14.2 Å². The Morgan fingerprint density at radius 1 is 0.871 bits per heavy atom. The lowest BCUT2D eigenvalue weighted by molar-refractivity contribution is -0.338. The Balaban J connectivity index is 0.000000240. The fourth-order valence-electron chi connectivity index (χ4n) is 10.8. The second-order valence-electron chi connectivity index (χ2n) is 18.5. The second kappa shape index (κ2) is 16.0. The minimum atomic E-state index is -2.07. The third-order valence-corrected chi connectivity index (χ3v) is 14.6. The lowest BCUT2D eigenvalue weighted by Crippen LogP contribution is -2.80. The van der Waals surface area contributed by atoms with Crippen molar-refractivity contribution in [2.24, 2.45) is 28.6 Å². The number of ether oxygens (including phenoxy) is 3. The maximum absolute atomic E-state index is 14.5. The molecule has 8 rings (SSSR count). The van der Waals surface area contributed by atoms with Crippen molar-refractivity contribution >= 4 is 41.0 Å². The molecule has 10 atom stereocenters. The SMILES string of the molecule is CC(=O)OC12COC1C[C@H](C)[C@@]1(C)C(=O)C(O)C3=C(C)C(=O)CC(O)(C(OC(=O)c4ccc(N(C)C)cc4)C21)C3(C)C.C[C@H]1C(=O)N(C(=O)c2ccccc2)C1c1ccccc1. The van der Waals surface area contributed by atoms with E-state index in [2.05, 4.69) is 0 Å². The number of carbonyl (C=O) groups excluding carboxylic acids is 6. The van der Waals surface area contributed by atoms with E-state index in [0.717, 1.165) is 11.3 Å². The van der Waals surface area contributed by atoms with Gasteiger partial charge in [0.2, 0.25) is 5.91 Å². The highest BCUT2D eigenvalue weighted by atomic mass is 16.6. The number of aliphatic hydroxyl groups excluding tert-OH is 1. The van der Waals surface area contributed by atoms with Crippen molar-refractivity contribution in [1.82, 2.24) is 4.90 Å². The van der Waals surface area contributed by atoms with Crippen molar-refractivity contribution in [1.29, 1.82) is 0 Å². The van der Waals surface area contributed by atoms with Crippen molar-refractivity contribution in [2.45, 2.75) is 96.9 Å². The number of carbonyl (C=O) groups is 6. The Morgan fingerprint density at radius 2 is 1.47 bits per heavy atom. The Labute approximate surface area is 362 Å². The van der Waals surface area contributed by atoms with Gasteiger partial charge in [0, 0.05) is 49.5 Å². The van der Waals surface area contributed by atoms with E-state index in [1.165, 1.54) is 11.8 Å².